The Kier molecular flexibility index (Phi) is 4.74. The number of benzene rings is 2. The molecule has 1 heterocycles. The van der Waals surface area contributed by atoms with Crippen molar-refractivity contribution in [2.45, 2.75) is 6.42 Å². The normalized spacial score (nSPS) is 12.6. The Morgan fingerprint density at radius 2 is 1.96 bits per heavy atom. The number of nitrogens with one attached hydrogen (secondary N) is 1. The molecular formula is C18H15F2NO3. The molecule has 0 radical (unpaired) electrons. The molecule has 24 heavy (non-hydrogen) atoms. The highest BCUT2D eigenvalue weighted by atomic mass is 19.1. The van der Waals surface area contributed by atoms with E-state index in [0.717, 1.165) is 23.8 Å². The molecule has 0 atom stereocenters. The molecular weight excluding hydrogens is 316 g/mol. The number of carbonyl (C=O) groups is 1. The molecule has 2 aromatic rings. The van der Waals surface area contributed by atoms with E-state index in [1.54, 1.807) is 0 Å². The van der Waals surface area contributed by atoms with E-state index in [9.17, 15) is 13.6 Å². The van der Waals surface area contributed by atoms with Crippen molar-refractivity contribution in [2.24, 2.45) is 0 Å². The summed E-state index contributed by atoms with van der Waals surface area (Å²) < 4.78 is 37.0. The number of hydrogen-bond donors (Lipinski definition) is 1. The van der Waals surface area contributed by atoms with Gasteiger partial charge in [-0.1, -0.05) is 6.07 Å². The van der Waals surface area contributed by atoms with Crippen LogP contribution in [0, 0.1) is 11.6 Å². The van der Waals surface area contributed by atoms with Gasteiger partial charge in [-0.3, -0.25) is 4.79 Å². The second kappa shape index (κ2) is 7.12. The van der Waals surface area contributed by atoms with Gasteiger partial charge in [0.25, 0.3) is 0 Å². The minimum atomic E-state index is -0.583. The zero-order valence-corrected chi connectivity index (χ0v) is 12.7. The molecule has 1 aliphatic rings. The molecule has 0 saturated carbocycles. The van der Waals surface area contributed by atoms with Crippen LogP contribution in [-0.2, 0) is 11.2 Å². The van der Waals surface area contributed by atoms with Crippen LogP contribution in [0.1, 0.15) is 11.1 Å². The molecule has 6 heteroatoms. The van der Waals surface area contributed by atoms with Crippen LogP contribution in [-0.4, -0.2) is 19.2 Å². The summed E-state index contributed by atoms with van der Waals surface area (Å²) in [7, 11) is 0. The first-order valence-electron chi connectivity index (χ1n) is 7.41. The fourth-order valence-electron chi connectivity index (χ4n) is 2.29. The molecule has 2 aromatic carbocycles. The predicted octanol–water partition coefficient (Wildman–Crippen LogP) is 3.07. The quantitative estimate of drug-likeness (QED) is 0.857. The molecule has 0 saturated heterocycles. The van der Waals surface area contributed by atoms with E-state index in [2.05, 4.69) is 5.32 Å². The lowest BCUT2D eigenvalue weighted by molar-refractivity contribution is -0.116. The monoisotopic (exact) mass is 331 g/mol. The van der Waals surface area contributed by atoms with Crippen LogP contribution in [0.3, 0.4) is 0 Å². The van der Waals surface area contributed by atoms with Gasteiger partial charge in [0.05, 0.1) is 0 Å². The Bertz CT molecular complexity index is 790. The number of fused-ring (bicyclic) bond motifs is 1. The van der Waals surface area contributed by atoms with Gasteiger partial charge < -0.3 is 14.8 Å². The van der Waals surface area contributed by atoms with Gasteiger partial charge in [-0.25, -0.2) is 8.78 Å². The number of halogens is 2. The lowest BCUT2D eigenvalue weighted by atomic mass is 10.1. The maximum Gasteiger partial charge on any atom is 0.244 e. The third-order valence-electron chi connectivity index (χ3n) is 3.52. The summed E-state index contributed by atoms with van der Waals surface area (Å²) >= 11 is 0. The second-order valence-electron chi connectivity index (χ2n) is 5.23. The van der Waals surface area contributed by atoms with Crippen molar-refractivity contribution in [3.8, 4) is 11.5 Å². The van der Waals surface area contributed by atoms with Crippen LogP contribution in [0.5, 0.6) is 11.5 Å². The summed E-state index contributed by atoms with van der Waals surface area (Å²) in [5.74, 6) is -0.109. The summed E-state index contributed by atoms with van der Waals surface area (Å²) in [5, 5.41) is 2.69. The van der Waals surface area contributed by atoms with Crippen molar-refractivity contribution in [1.82, 2.24) is 5.32 Å². The van der Waals surface area contributed by atoms with Gasteiger partial charge in [0.15, 0.2) is 11.5 Å². The van der Waals surface area contributed by atoms with Gasteiger partial charge >= 0.3 is 0 Å². The molecule has 0 unspecified atom stereocenters. The summed E-state index contributed by atoms with van der Waals surface area (Å²) in [6.45, 7) is 0.630. The van der Waals surface area contributed by atoms with Gasteiger partial charge in [0.2, 0.25) is 12.7 Å². The van der Waals surface area contributed by atoms with Crippen LogP contribution in [0.25, 0.3) is 6.08 Å². The van der Waals surface area contributed by atoms with Gasteiger partial charge in [0.1, 0.15) is 11.6 Å². The minimum Gasteiger partial charge on any atom is -0.454 e. The Labute approximate surface area is 137 Å². The molecule has 4 nitrogen and oxygen atoms in total. The highest BCUT2D eigenvalue weighted by molar-refractivity contribution is 5.91. The number of ether oxygens (including phenoxy) is 2. The van der Waals surface area contributed by atoms with Gasteiger partial charge in [0, 0.05) is 18.2 Å². The van der Waals surface area contributed by atoms with Crippen molar-refractivity contribution in [2.75, 3.05) is 13.3 Å². The smallest absolute Gasteiger partial charge is 0.244 e. The zero-order valence-electron chi connectivity index (χ0n) is 12.7. The van der Waals surface area contributed by atoms with E-state index in [0.29, 0.717) is 24.5 Å². The molecule has 124 valence electrons. The Morgan fingerprint density at radius 3 is 2.83 bits per heavy atom. The molecule has 1 N–H and O–H groups in total. The Balaban J connectivity index is 1.50. The fourth-order valence-corrected chi connectivity index (χ4v) is 2.29. The first-order chi connectivity index (χ1) is 11.6. The van der Waals surface area contributed by atoms with E-state index >= 15 is 0 Å². The number of hydrogen-bond acceptors (Lipinski definition) is 3. The zero-order chi connectivity index (χ0) is 16.9. The average molecular weight is 331 g/mol. The third kappa shape index (κ3) is 3.90. The summed E-state index contributed by atoms with van der Waals surface area (Å²) in [5.41, 5.74) is 1.03. The highest BCUT2D eigenvalue weighted by Gasteiger charge is 2.12. The maximum atomic E-state index is 13.4. The lowest BCUT2D eigenvalue weighted by Crippen LogP contribution is -2.23. The third-order valence-corrected chi connectivity index (χ3v) is 3.52. The fraction of sp³-hybridized carbons (Fsp3) is 0.167. The minimum absolute atomic E-state index is 0.0286. The molecule has 0 aromatic heterocycles. The predicted molar refractivity (Wildman–Crippen MR) is 84.7 cm³/mol. The van der Waals surface area contributed by atoms with Gasteiger partial charge in [-0.15, -0.1) is 0 Å². The van der Waals surface area contributed by atoms with Crippen LogP contribution >= 0.6 is 0 Å². The standard InChI is InChI=1S/C18H15F2NO3/c19-14-3-4-15(20)13(10-14)2-6-18(22)21-8-7-12-1-5-16-17(9-12)24-11-23-16/h1-6,9-10H,7-8,11H2,(H,21,22). The molecule has 0 spiro atoms. The first-order valence-corrected chi connectivity index (χ1v) is 7.41. The van der Waals surface area contributed by atoms with E-state index in [1.165, 1.54) is 12.2 Å². The summed E-state index contributed by atoms with van der Waals surface area (Å²) in [6, 6.07) is 8.67. The number of carbonyl (C=O) groups excluding carboxylic acids is 1. The van der Waals surface area contributed by atoms with Crippen LogP contribution < -0.4 is 14.8 Å². The highest BCUT2D eigenvalue weighted by Crippen LogP contribution is 2.32. The number of amides is 1. The van der Waals surface area contributed by atoms with Gasteiger partial charge in [-0.2, -0.15) is 0 Å². The summed E-state index contributed by atoms with van der Waals surface area (Å²) in [4.78, 5) is 11.7. The van der Waals surface area contributed by atoms with Gasteiger partial charge in [-0.05, 0) is 48.4 Å². The molecule has 3 rings (SSSR count). The molecule has 1 aliphatic heterocycles. The first kappa shape index (κ1) is 16.0. The Morgan fingerprint density at radius 1 is 1.12 bits per heavy atom. The molecule has 0 fully saturated rings. The van der Waals surface area contributed by atoms with Crippen molar-refractivity contribution in [3.05, 3.63) is 65.2 Å². The maximum absolute atomic E-state index is 13.4. The summed E-state index contributed by atoms with van der Waals surface area (Å²) in [6.07, 6.45) is 3.04. The molecule has 0 bridgehead atoms. The Hall–Kier alpha value is -2.89. The van der Waals surface area contributed by atoms with E-state index < -0.39 is 11.6 Å². The van der Waals surface area contributed by atoms with Crippen LogP contribution in [0.15, 0.2) is 42.5 Å². The van der Waals surface area contributed by atoms with E-state index in [-0.39, 0.29) is 18.3 Å². The second-order valence-corrected chi connectivity index (χ2v) is 5.23. The lowest BCUT2D eigenvalue weighted by Gasteiger charge is -2.04. The molecule has 0 aliphatic carbocycles. The van der Waals surface area contributed by atoms with E-state index in [1.807, 2.05) is 18.2 Å². The van der Waals surface area contributed by atoms with E-state index in [4.69, 9.17) is 9.47 Å². The van der Waals surface area contributed by atoms with Crippen LogP contribution in [0.2, 0.25) is 0 Å². The largest absolute Gasteiger partial charge is 0.454 e. The SMILES string of the molecule is O=C(C=Cc1cc(F)ccc1F)NCCc1ccc2c(c1)OCO2. The topological polar surface area (TPSA) is 47.6 Å². The van der Waals surface area contributed by atoms with Crippen LogP contribution in [0.4, 0.5) is 8.78 Å². The average Bonchev–Trinajstić information content (AvgIpc) is 3.03. The molecule has 1 amide bonds. The number of rotatable bonds is 5. The van der Waals surface area contributed by atoms with Crippen molar-refractivity contribution >= 4 is 12.0 Å². The van der Waals surface area contributed by atoms with Crippen molar-refractivity contribution in [1.29, 1.82) is 0 Å². The van der Waals surface area contributed by atoms with Crippen molar-refractivity contribution in [3.63, 3.8) is 0 Å². The van der Waals surface area contributed by atoms with Crippen molar-refractivity contribution < 1.29 is 23.0 Å².